The van der Waals surface area contributed by atoms with E-state index < -0.39 is 28.9 Å². The molecule has 0 N–H and O–H groups in total. The van der Waals surface area contributed by atoms with Crippen LogP contribution in [-0.2, 0) is 0 Å². The van der Waals surface area contributed by atoms with Gasteiger partial charge < -0.3 is 0 Å². The van der Waals surface area contributed by atoms with Crippen LogP contribution in [0.1, 0.15) is 9.67 Å². The number of hydrogen-bond donors (Lipinski definition) is 0. The molecule has 0 saturated heterocycles. The maximum Gasteiger partial charge on any atom is 0.407 e. The van der Waals surface area contributed by atoms with Gasteiger partial charge in [-0.2, -0.15) is 26.3 Å². The fourth-order valence-electron chi connectivity index (χ4n) is 1.08. The summed E-state index contributed by atoms with van der Waals surface area (Å²) in [6.07, 6.45) is -11.3. The zero-order valence-corrected chi connectivity index (χ0v) is 10.1. The molecule has 0 aliphatic carbocycles. The van der Waals surface area contributed by atoms with Crippen molar-refractivity contribution in [3.8, 4) is 0 Å². The molecule has 0 radical (unpaired) electrons. The fraction of sp³-hybridized carbons (Fsp3) is 0.375. The van der Waals surface area contributed by atoms with Crippen LogP contribution in [0, 0.1) is 5.92 Å². The van der Waals surface area contributed by atoms with E-state index in [0.717, 1.165) is 0 Å². The molecule has 0 saturated carbocycles. The second kappa shape index (κ2) is 4.60. The molecule has 0 aliphatic rings. The van der Waals surface area contributed by atoms with Gasteiger partial charge in [0.05, 0.1) is 4.88 Å². The summed E-state index contributed by atoms with van der Waals surface area (Å²) in [5.41, 5.74) is 0. The van der Waals surface area contributed by atoms with E-state index in [1.807, 2.05) is 0 Å². The van der Waals surface area contributed by atoms with E-state index in [4.69, 9.17) is 0 Å². The molecule has 0 spiro atoms. The van der Waals surface area contributed by atoms with Crippen molar-refractivity contribution >= 4 is 33.0 Å². The van der Waals surface area contributed by atoms with E-state index in [9.17, 15) is 31.1 Å². The van der Waals surface area contributed by atoms with E-state index in [2.05, 4.69) is 15.9 Å². The average Bonchev–Trinajstić information content (AvgIpc) is 2.45. The summed E-state index contributed by atoms with van der Waals surface area (Å²) >= 11 is 3.25. The van der Waals surface area contributed by atoms with Crippen LogP contribution in [0.4, 0.5) is 26.3 Å². The van der Waals surface area contributed by atoms with Crippen molar-refractivity contribution in [3.63, 3.8) is 0 Å². The van der Waals surface area contributed by atoms with Gasteiger partial charge in [-0.05, 0) is 27.4 Å². The Morgan fingerprint density at radius 1 is 1.18 bits per heavy atom. The molecule has 9 heteroatoms. The van der Waals surface area contributed by atoms with Crippen LogP contribution in [0.25, 0.3) is 0 Å². The number of halogens is 7. The van der Waals surface area contributed by atoms with Gasteiger partial charge >= 0.3 is 12.4 Å². The van der Waals surface area contributed by atoms with Crippen molar-refractivity contribution in [2.24, 2.45) is 5.92 Å². The summed E-state index contributed by atoms with van der Waals surface area (Å²) < 4.78 is 73.4. The average molecular weight is 341 g/mol. The number of Topliss-reactive ketones (excluding diaryl/α,β-unsaturated/α-hetero) is 1. The van der Waals surface area contributed by atoms with Crippen LogP contribution in [0.2, 0.25) is 0 Å². The lowest BCUT2D eigenvalue weighted by Gasteiger charge is -2.21. The monoisotopic (exact) mass is 340 g/mol. The van der Waals surface area contributed by atoms with Gasteiger partial charge in [-0.25, -0.2) is 0 Å². The molecule has 1 nitrogen and oxygen atoms in total. The number of alkyl halides is 6. The lowest BCUT2D eigenvalue weighted by molar-refractivity contribution is -0.264. The van der Waals surface area contributed by atoms with Crippen LogP contribution >= 0.6 is 27.3 Å². The summed E-state index contributed by atoms with van der Waals surface area (Å²) in [4.78, 5) is 10.7. The van der Waals surface area contributed by atoms with Crippen LogP contribution in [-0.4, -0.2) is 18.1 Å². The molecular formula is C8H3BrF6OS. The zero-order chi connectivity index (χ0) is 13.4. The molecule has 0 unspecified atom stereocenters. The molecule has 0 atom stereocenters. The first-order valence-electron chi connectivity index (χ1n) is 3.95. The number of rotatable bonds is 2. The minimum atomic E-state index is -5.65. The van der Waals surface area contributed by atoms with E-state index in [1.165, 1.54) is 11.4 Å². The smallest absolute Gasteiger partial charge is 0.292 e. The van der Waals surface area contributed by atoms with Gasteiger partial charge in [0.15, 0.2) is 5.78 Å². The van der Waals surface area contributed by atoms with Crippen molar-refractivity contribution in [1.82, 2.24) is 0 Å². The number of hydrogen-bond acceptors (Lipinski definition) is 2. The summed E-state index contributed by atoms with van der Waals surface area (Å²) in [6.45, 7) is 0. The van der Waals surface area contributed by atoms with Gasteiger partial charge in [0, 0.05) is 4.47 Å². The predicted octanol–water partition coefficient (Wildman–Crippen LogP) is 4.43. The van der Waals surface area contributed by atoms with Crippen LogP contribution in [0.15, 0.2) is 15.9 Å². The van der Waals surface area contributed by atoms with Crippen molar-refractivity contribution in [3.05, 3.63) is 20.8 Å². The molecular weight excluding hydrogens is 338 g/mol. The van der Waals surface area contributed by atoms with E-state index >= 15 is 0 Å². The Labute approximate surface area is 104 Å². The lowest BCUT2D eigenvalue weighted by Crippen LogP contribution is -2.42. The Hall–Kier alpha value is -0.570. The van der Waals surface area contributed by atoms with Crippen molar-refractivity contribution in [1.29, 1.82) is 0 Å². The number of ketones is 1. The van der Waals surface area contributed by atoms with Crippen molar-refractivity contribution < 1.29 is 31.1 Å². The summed E-state index contributed by atoms with van der Waals surface area (Å²) in [6, 6.07) is 1.21. The predicted molar refractivity (Wildman–Crippen MR) is 51.9 cm³/mol. The summed E-state index contributed by atoms with van der Waals surface area (Å²) in [5.74, 6) is -5.98. The molecule has 1 rings (SSSR count). The molecule has 1 heterocycles. The normalized spacial score (nSPS) is 13.2. The van der Waals surface area contributed by atoms with Crippen molar-refractivity contribution in [2.75, 3.05) is 0 Å². The first-order valence-corrected chi connectivity index (χ1v) is 5.63. The van der Waals surface area contributed by atoms with Gasteiger partial charge in [0.1, 0.15) is 0 Å². The van der Waals surface area contributed by atoms with Crippen LogP contribution in [0.5, 0.6) is 0 Å². The highest BCUT2D eigenvalue weighted by molar-refractivity contribution is 9.10. The quantitative estimate of drug-likeness (QED) is 0.574. The Balaban J connectivity index is 3.18. The highest BCUT2D eigenvalue weighted by Crippen LogP contribution is 2.42. The molecule has 1 aromatic rings. The van der Waals surface area contributed by atoms with Crippen LogP contribution in [0.3, 0.4) is 0 Å². The molecule has 0 aromatic carbocycles. The minimum Gasteiger partial charge on any atom is -0.292 e. The molecule has 0 amide bonds. The third kappa shape index (κ3) is 3.21. The van der Waals surface area contributed by atoms with E-state index in [0.29, 0.717) is 11.3 Å². The lowest BCUT2D eigenvalue weighted by atomic mass is 10.0. The first kappa shape index (κ1) is 14.5. The zero-order valence-electron chi connectivity index (χ0n) is 7.69. The second-order valence-corrected chi connectivity index (χ2v) is 4.75. The van der Waals surface area contributed by atoms with Gasteiger partial charge in [-0.3, -0.25) is 4.79 Å². The Morgan fingerprint density at radius 3 is 1.94 bits per heavy atom. The molecule has 96 valence electrons. The molecule has 0 bridgehead atoms. The van der Waals surface area contributed by atoms with E-state index in [1.54, 1.807) is 0 Å². The van der Waals surface area contributed by atoms with Crippen LogP contribution < -0.4 is 0 Å². The first-order chi connectivity index (χ1) is 7.55. The SMILES string of the molecule is O=C(c1sccc1Br)C(C(F)(F)F)C(F)(F)F. The molecule has 0 aliphatic heterocycles. The van der Waals surface area contributed by atoms with Gasteiger partial charge in [0.2, 0.25) is 5.92 Å². The molecule has 1 aromatic heterocycles. The van der Waals surface area contributed by atoms with Gasteiger partial charge in [-0.15, -0.1) is 11.3 Å². The third-order valence-corrected chi connectivity index (χ3v) is 3.61. The van der Waals surface area contributed by atoms with Gasteiger partial charge in [0.25, 0.3) is 0 Å². The Kier molecular flexibility index (Phi) is 3.92. The van der Waals surface area contributed by atoms with Gasteiger partial charge in [-0.1, -0.05) is 0 Å². The maximum atomic E-state index is 12.2. The molecule has 0 fully saturated rings. The molecule has 17 heavy (non-hydrogen) atoms. The maximum absolute atomic E-state index is 12.2. The summed E-state index contributed by atoms with van der Waals surface area (Å²) in [5, 5.41) is 1.22. The number of carbonyl (C=O) groups excluding carboxylic acids is 1. The highest BCUT2D eigenvalue weighted by atomic mass is 79.9. The number of carbonyl (C=O) groups is 1. The third-order valence-electron chi connectivity index (χ3n) is 1.76. The topological polar surface area (TPSA) is 17.1 Å². The Morgan fingerprint density at radius 2 is 1.65 bits per heavy atom. The second-order valence-electron chi connectivity index (χ2n) is 2.98. The number of thiophene rings is 1. The van der Waals surface area contributed by atoms with Crippen molar-refractivity contribution in [2.45, 2.75) is 12.4 Å². The minimum absolute atomic E-state index is 0.0778. The fourth-order valence-corrected chi connectivity index (χ4v) is 2.62. The van der Waals surface area contributed by atoms with E-state index in [-0.39, 0.29) is 4.47 Å². The highest BCUT2D eigenvalue weighted by Gasteiger charge is 2.61. The largest absolute Gasteiger partial charge is 0.407 e. The standard InChI is InChI=1S/C8H3BrF6OS/c9-3-1-2-17-5(3)4(16)6(7(10,11)12)8(13,14)15/h1-2,6H. The summed E-state index contributed by atoms with van der Waals surface area (Å²) in [7, 11) is 0. The Bertz CT molecular complexity index is 406.